The number of urea groups is 1. The summed E-state index contributed by atoms with van der Waals surface area (Å²) < 4.78 is 15.3. The lowest BCUT2D eigenvalue weighted by Gasteiger charge is -2.14. The average Bonchev–Trinajstić information content (AvgIpc) is 2.39. The van der Waals surface area contributed by atoms with Gasteiger partial charge < -0.3 is 24.8 Å². The minimum absolute atomic E-state index is 0.0545. The van der Waals surface area contributed by atoms with Crippen LogP contribution in [0.1, 0.15) is 6.92 Å². The Balaban J connectivity index is 2.46. The number of carbonyl (C=O) groups excluding carboxylic acids is 1. The maximum absolute atomic E-state index is 11.7. The van der Waals surface area contributed by atoms with E-state index in [0.29, 0.717) is 31.3 Å². The quantitative estimate of drug-likeness (QED) is 0.714. The summed E-state index contributed by atoms with van der Waals surface area (Å²) in [5, 5.41) is 5.51. The molecule has 1 rings (SSSR count). The van der Waals surface area contributed by atoms with E-state index in [1.165, 1.54) is 0 Å². The number of carbonyl (C=O) groups is 1. The molecule has 1 aromatic carbocycles. The SMILES string of the molecule is COCCOc1cccc(NC(=O)NC(C)COC)c1. The van der Waals surface area contributed by atoms with E-state index in [1.54, 1.807) is 26.4 Å². The van der Waals surface area contributed by atoms with Crippen LogP contribution in [0.2, 0.25) is 0 Å². The fourth-order valence-electron chi connectivity index (χ4n) is 1.59. The van der Waals surface area contributed by atoms with Gasteiger partial charge in [0.15, 0.2) is 0 Å². The minimum Gasteiger partial charge on any atom is -0.491 e. The van der Waals surface area contributed by atoms with Gasteiger partial charge in [0.05, 0.1) is 19.3 Å². The third kappa shape index (κ3) is 6.40. The molecule has 0 saturated heterocycles. The van der Waals surface area contributed by atoms with Crippen molar-refractivity contribution in [1.29, 1.82) is 0 Å². The minimum atomic E-state index is -0.274. The second kappa shape index (κ2) is 9.17. The van der Waals surface area contributed by atoms with Crippen molar-refractivity contribution in [1.82, 2.24) is 5.32 Å². The fourth-order valence-corrected chi connectivity index (χ4v) is 1.59. The van der Waals surface area contributed by atoms with Crippen LogP contribution in [0.25, 0.3) is 0 Å². The number of benzene rings is 1. The van der Waals surface area contributed by atoms with Crippen molar-refractivity contribution in [3.8, 4) is 5.75 Å². The molecular formula is C14H22N2O4. The molecule has 0 heterocycles. The molecule has 2 N–H and O–H groups in total. The van der Waals surface area contributed by atoms with Crippen molar-refractivity contribution in [2.24, 2.45) is 0 Å². The van der Waals surface area contributed by atoms with E-state index < -0.39 is 0 Å². The van der Waals surface area contributed by atoms with Crippen LogP contribution in [0.15, 0.2) is 24.3 Å². The Bertz CT molecular complexity index is 412. The van der Waals surface area contributed by atoms with E-state index >= 15 is 0 Å². The molecule has 0 bridgehead atoms. The van der Waals surface area contributed by atoms with Crippen LogP contribution in [0.3, 0.4) is 0 Å². The molecule has 6 heteroatoms. The Hall–Kier alpha value is -1.79. The number of anilines is 1. The summed E-state index contributed by atoms with van der Waals surface area (Å²) in [7, 11) is 3.21. The second-order valence-electron chi connectivity index (χ2n) is 4.32. The first-order valence-electron chi connectivity index (χ1n) is 6.44. The smallest absolute Gasteiger partial charge is 0.319 e. The molecule has 0 aliphatic heterocycles. The highest BCUT2D eigenvalue weighted by atomic mass is 16.5. The molecule has 0 radical (unpaired) electrons. The highest BCUT2D eigenvalue weighted by Gasteiger charge is 2.07. The van der Waals surface area contributed by atoms with Crippen LogP contribution in [-0.2, 0) is 9.47 Å². The Morgan fingerprint density at radius 2 is 2.05 bits per heavy atom. The summed E-state index contributed by atoms with van der Waals surface area (Å²) >= 11 is 0. The number of nitrogens with one attached hydrogen (secondary N) is 2. The first kappa shape index (κ1) is 16.3. The maximum Gasteiger partial charge on any atom is 0.319 e. The van der Waals surface area contributed by atoms with E-state index in [-0.39, 0.29) is 12.1 Å². The lowest BCUT2D eigenvalue weighted by atomic mass is 10.3. The molecule has 0 aliphatic carbocycles. The largest absolute Gasteiger partial charge is 0.491 e. The zero-order valence-corrected chi connectivity index (χ0v) is 12.1. The van der Waals surface area contributed by atoms with Gasteiger partial charge in [-0.3, -0.25) is 0 Å². The molecule has 0 saturated carbocycles. The Labute approximate surface area is 119 Å². The summed E-state index contributed by atoms with van der Waals surface area (Å²) in [6.45, 7) is 3.32. The molecule has 1 unspecified atom stereocenters. The van der Waals surface area contributed by atoms with Gasteiger partial charge in [0.25, 0.3) is 0 Å². The van der Waals surface area contributed by atoms with E-state index in [4.69, 9.17) is 14.2 Å². The standard InChI is InChI=1S/C14H22N2O4/c1-11(10-19-3)15-14(17)16-12-5-4-6-13(9-12)20-8-7-18-2/h4-6,9,11H,7-8,10H2,1-3H3,(H2,15,16,17). The summed E-state index contributed by atoms with van der Waals surface area (Å²) in [5.41, 5.74) is 0.669. The van der Waals surface area contributed by atoms with Crippen LogP contribution in [0.4, 0.5) is 10.5 Å². The molecule has 0 aromatic heterocycles. The van der Waals surface area contributed by atoms with E-state index in [1.807, 2.05) is 19.1 Å². The van der Waals surface area contributed by atoms with Crippen LogP contribution in [0, 0.1) is 0 Å². The fraction of sp³-hybridized carbons (Fsp3) is 0.500. The van der Waals surface area contributed by atoms with Gasteiger partial charge in [-0.05, 0) is 19.1 Å². The van der Waals surface area contributed by atoms with Gasteiger partial charge in [-0.1, -0.05) is 6.07 Å². The third-order valence-corrected chi connectivity index (χ3v) is 2.44. The summed E-state index contributed by atoms with van der Waals surface area (Å²) in [5.74, 6) is 0.685. The maximum atomic E-state index is 11.7. The number of rotatable bonds is 8. The van der Waals surface area contributed by atoms with Gasteiger partial charge in [-0.15, -0.1) is 0 Å². The molecule has 112 valence electrons. The predicted octanol–water partition coefficient (Wildman–Crippen LogP) is 1.87. The van der Waals surface area contributed by atoms with Crippen molar-refractivity contribution >= 4 is 11.7 Å². The van der Waals surface area contributed by atoms with E-state index in [2.05, 4.69) is 10.6 Å². The molecule has 1 atom stereocenters. The second-order valence-corrected chi connectivity index (χ2v) is 4.32. The van der Waals surface area contributed by atoms with Crippen LogP contribution < -0.4 is 15.4 Å². The molecule has 6 nitrogen and oxygen atoms in total. The van der Waals surface area contributed by atoms with Crippen LogP contribution in [0.5, 0.6) is 5.75 Å². The Kier molecular flexibility index (Phi) is 7.46. The first-order valence-corrected chi connectivity index (χ1v) is 6.44. The lowest BCUT2D eigenvalue weighted by molar-refractivity contribution is 0.146. The number of ether oxygens (including phenoxy) is 3. The van der Waals surface area contributed by atoms with Crippen molar-refractivity contribution in [3.05, 3.63) is 24.3 Å². The van der Waals surface area contributed by atoms with Gasteiger partial charge in [0, 0.05) is 26.0 Å². The summed E-state index contributed by atoms with van der Waals surface area (Å²) in [6.07, 6.45) is 0. The van der Waals surface area contributed by atoms with Crippen molar-refractivity contribution in [3.63, 3.8) is 0 Å². The molecule has 2 amide bonds. The monoisotopic (exact) mass is 282 g/mol. The normalized spacial score (nSPS) is 11.8. The molecule has 0 spiro atoms. The highest BCUT2D eigenvalue weighted by molar-refractivity contribution is 5.89. The van der Waals surface area contributed by atoms with E-state index in [9.17, 15) is 4.79 Å². The van der Waals surface area contributed by atoms with Crippen LogP contribution >= 0.6 is 0 Å². The zero-order valence-electron chi connectivity index (χ0n) is 12.1. The summed E-state index contributed by atoms with van der Waals surface area (Å²) in [4.78, 5) is 11.7. The van der Waals surface area contributed by atoms with Gasteiger partial charge >= 0.3 is 6.03 Å². The molecular weight excluding hydrogens is 260 g/mol. The van der Waals surface area contributed by atoms with Crippen molar-refractivity contribution < 1.29 is 19.0 Å². The topological polar surface area (TPSA) is 68.8 Å². The van der Waals surface area contributed by atoms with E-state index in [0.717, 1.165) is 0 Å². The number of hydrogen-bond acceptors (Lipinski definition) is 4. The summed E-state index contributed by atoms with van der Waals surface area (Å²) in [6, 6.07) is 6.87. The van der Waals surface area contributed by atoms with Crippen LogP contribution in [-0.4, -0.2) is 46.1 Å². The first-order chi connectivity index (χ1) is 9.65. The number of amides is 2. The average molecular weight is 282 g/mol. The Morgan fingerprint density at radius 3 is 2.75 bits per heavy atom. The highest BCUT2D eigenvalue weighted by Crippen LogP contribution is 2.17. The Morgan fingerprint density at radius 1 is 1.25 bits per heavy atom. The van der Waals surface area contributed by atoms with Crippen molar-refractivity contribution in [2.75, 3.05) is 39.4 Å². The number of hydrogen-bond donors (Lipinski definition) is 2. The molecule has 0 fully saturated rings. The zero-order chi connectivity index (χ0) is 14.8. The van der Waals surface area contributed by atoms with Gasteiger partial charge in [0.2, 0.25) is 0 Å². The lowest BCUT2D eigenvalue weighted by Crippen LogP contribution is -2.38. The molecule has 1 aromatic rings. The van der Waals surface area contributed by atoms with Crippen molar-refractivity contribution in [2.45, 2.75) is 13.0 Å². The number of methoxy groups -OCH3 is 2. The molecule has 20 heavy (non-hydrogen) atoms. The van der Waals surface area contributed by atoms with Gasteiger partial charge in [-0.25, -0.2) is 4.79 Å². The third-order valence-electron chi connectivity index (χ3n) is 2.44. The molecule has 0 aliphatic rings. The van der Waals surface area contributed by atoms with Gasteiger partial charge in [0.1, 0.15) is 12.4 Å². The predicted molar refractivity (Wildman–Crippen MR) is 77.3 cm³/mol. The van der Waals surface area contributed by atoms with Gasteiger partial charge in [-0.2, -0.15) is 0 Å².